The molecule has 0 aromatic heterocycles. The number of carbonyl (C=O) groups excluding carboxylic acids is 1. The summed E-state index contributed by atoms with van der Waals surface area (Å²) in [6.45, 7) is 2.66. The highest BCUT2D eigenvalue weighted by Gasteiger charge is 2.17. The number of benzene rings is 1. The zero-order valence-electron chi connectivity index (χ0n) is 14.3. The van der Waals surface area contributed by atoms with Crippen molar-refractivity contribution in [1.82, 2.24) is 4.31 Å². The number of rotatable bonds is 10. The molecular formula is C16H25ClN2O4S. The van der Waals surface area contributed by atoms with Crippen LogP contribution < -0.4 is 10.1 Å². The van der Waals surface area contributed by atoms with E-state index in [0.29, 0.717) is 23.0 Å². The molecule has 0 saturated carbocycles. The van der Waals surface area contributed by atoms with Crippen molar-refractivity contribution in [2.75, 3.05) is 31.8 Å². The van der Waals surface area contributed by atoms with Gasteiger partial charge in [-0.2, -0.15) is 0 Å². The molecule has 1 aromatic rings. The summed E-state index contributed by atoms with van der Waals surface area (Å²) >= 11 is 6.01. The molecule has 0 aliphatic rings. The second kappa shape index (κ2) is 9.86. The van der Waals surface area contributed by atoms with Gasteiger partial charge in [-0.25, -0.2) is 12.7 Å². The number of carbonyl (C=O) groups is 1. The predicted octanol–water partition coefficient (Wildman–Crippen LogP) is 3.13. The molecule has 1 rings (SSSR count). The number of anilines is 1. The van der Waals surface area contributed by atoms with Crippen LogP contribution in [0.3, 0.4) is 0 Å². The van der Waals surface area contributed by atoms with Crippen LogP contribution in [-0.4, -0.2) is 45.1 Å². The van der Waals surface area contributed by atoms with Crippen LogP contribution in [0.5, 0.6) is 5.75 Å². The molecule has 0 spiro atoms. The fraction of sp³-hybridized carbons (Fsp3) is 0.562. The Morgan fingerprint density at radius 3 is 2.54 bits per heavy atom. The first kappa shape index (κ1) is 20.7. The smallest absolute Gasteiger partial charge is 0.225 e. The van der Waals surface area contributed by atoms with Crippen LogP contribution in [0.15, 0.2) is 18.2 Å². The maximum atomic E-state index is 12.0. The normalized spacial score (nSPS) is 11.5. The van der Waals surface area contributed by atoms with Gasteiger partial charge in [0.05, 0.1) is 18.4 Å². The molecule has 0 aliphatic heterocycles. The van der Waals surface area contributed by atoms with E-state index in [2.05, 4.69) is 12.2 Å². The largest absolute Gasteiger partial charge is 0.495 e. The van der Waals surface area contributed by atoms with E-state index in [-0.39, 0.29) is 18.9 Å². The third-order valence-electron chi connectivity index (χ3n) is 3.50. The second-order valence-electron chi connectivity index (χ2n) is 5.52. The van der Waals surface area contributed by atoms with Gasteiger partial charge >= 0.3 is 0 Å². The van der Waals surface area contributed by atoms with E-state index in [0.717, 1.165) is 19.3 Å². The van der Waals surface area contributed by atoms with Crippen LogP contribution in [0.1, 0.15) is 32.6 Å². The Bertz CT molecular complexity index is 649. The number of nitrogens with one attached hydrogen (secondary N) is 1. The average molecular weight is 377 g/mol. The summed E-state index contributed by atoms with van der Waals surface area (Å²) in [5.74, 6) is 0.259. The molecule has 0 unspecified atom stereocenters. The molecule has 1 amide bonds. The van der Waals surface area contributed by atoms with Gasteiger partial charge in [-0.1, -0.05) is 31.4 Å². The highest BCUT2D eigenvalue weighted by Crippen LogP contribution is 2.27. The first-order valence-corrected chi connectivity index (χ1v) is 10.1. The van der Waals surface area contributed by atoms with E-state index in [4.69, 9.17) is 16.3 Å². The number of halogens is 1. The van der Waals surface area contributed by atoms with Gasteiger partial charge in [0.25, 0.3) is 0 Å². The fourth-order valence-electron chi connectivity index (χ4n) is 2.18. The summed E-state index contributed by atoms with van der Waals surface area (Å²) in [7, 11) is -1.80. The monoisotopic (exact) mass is 376 g/mol. The molecule has 0 radical (unpaired) electrons. The Balaban J connectivity index is 2.58. The summed E-state index contributed by atoms with van der Waals surface area (Å²) in [4.78, 5) is 12.0. The minimum absolute atomic E-state index is 0.0862. The van der Waals surface area contributed by atoms with E-state index >= 15 is 0 Å². The van der Waals surface area contributed by atoms with Crippen LogP contribution in [0.25, 0.3) is 0 Å². The number of unbranched alkanes of at least 4 members (excludes halogenated alkanes) is 2. The highest BCUT2D eigenvalue weighted by molar-refractivity contribution is 7.88. The summed E-state index contributed by atoms with van der Waals surface area (Å²) in [6.07, 6.45) is 4.01. The minimum atomic E-state index is -3.31. The number of ether oxygens (including phenoxy) is 1. The average Bonchev–Trinajstić information content (AvgIpc) is 2.49. The Morgan fingerprint density at radius 2 is 2.00 bits per heavy atom. The molecule has 0 bridgehead atoms. The van der Waals surface area contributed by atoms with Crippen molar-refractivity contribution in [3.63, 3.8) is 0 Å². The first-order chi connectivity index (χ1) is 11.3. The Morgan fingerprint density at radius 1 is 1.29 bits per heavy atom. The molecule has 0 saturated heterocycles. The Kier molecular flexibility index (Phi) is 8.52. The maximum absolute atomic E-state index is 12.0. The van der Waals surface area contributed by atoms with Crippen LogP contribution in [0.2, 0.25) is 5.02 Å². The van der Waals surface area contributed by atoms with Gasteiger partial charge in [-0.05, 0) is 24.6 Å². The molecule has 136 valence electrons. The van der Waals surface area contributed by atoms with Gasteiger partial charge in [0.2, 0.25) is 15.9 Å². The molecule has 0 atom stereocenters. The summed E-state index contributed by atoms with van der Waals surface area (Å²) in [5, 5.41) is 3.10. The predicted molar refractivity (Wildman–Crippen MR) is 97.2 cm³/mol. The standard InChI is InChI=1S/C16H25ClN2O4S/c1-4-5-6-10-19(24(3,21)22)11-9-16(20)18-13-7-8-15(23-2)14(17)12-13/h7-8,12H,4-6,9-11H2,1-3H3,(H,18,20). The van der Waals surface area contributed by atoms with Crippen LogP contribution in [-0.2, 0) is 14.8 Å². The Labute approximate surface area is 149 Å². The number of methoxy groups -OCH3 is 1. The number of nitrogens with zero attached hydrogens (tertiary/aromatic N) is 1. The number of amides is 1. The van der Waals surface area contributed by atoms with Gasteiger partial charge in [0.1, 0.15) is 5.75 Å². The molecule has 0 aliphatic carbocycles. The molecule has 6 nitrogen and oxygen atoms in total. The van der Waals surface area contributed by atoms with Gasteiger partial charge in [-0.15, -0.1) is 0 Å². The van der Waals surface area contributed by atoms with E-state index < -0.39 is 10.0 Å². The molecule has 8 heteroatoms. The Hall–Kier alpha value is -1.31. The highest BCUT2D eigenvalue weighted by atomic mass is 35.5. The van der Waals surface area contributed by atoms with Crippen molar-refractivity contribution in [2.45, 2.75) is 32.6 Å². The van der Waals surface area contributed by atoms with Crippen molar-refractivity contribution in [3.8, 4) is 5.75 Å². The summed E-state index contributed by atoms with van der Waals surface area (Å²) < 4.78 is 29.9. The second-order valence-corrected chi connectivity index (χ2v) is 7.91. The molecule has 1 N–H and O–H groups in total. The zero-order valence-corrected chi connectivity index (χ0v) is 15.9. The molecule has 24 heavy (non-hydrogen) atoms. The SMILES string of the molecule is CCCCCN(CCC(=O)Nc1ccc(OC)c(Cl)c1)S(C)(=O)=O. The van der Waals surface area contributed by atoms with Gasteiger partial charge in [-0.3, -0.25) is 4.79 Å². The van der Waals surface area contributed by atoms with E-state index in [9.17, 15) is 13.2 Å². The van der Waals surface area contributed by atoms with Gasteiger partial charge < -0.3 is 10.1 Å². The molecule has 0 fully saturated rings. The first-order valence-electron chi connectivity index (χ1n) is 7.86. The van der Waals surface area contributed by atoms with Crippen molar-refractivity contribution in [1.29, 1.82) is 0 Å². The lowest BCUT2D eigenvalue weighted by molar-refractivity contribution is -0.116. The zero-order chi connectivity index (χ0) is 18.2. The van der Waals surface area contributed by atoms with E-state index in [1.807, 2.05) is 0 Å². The lowest BCUT2D eigenvalue weighted by Crippen LogP contribution is -2.33. The summed E-state index contributed by atoms with van der Waals surface area (Å²) in [5.41, 5.74) is 0.544. The van der Waals surface area contributed by atoms with Crippen molar-refractivity contribution >= 4 is 33.2 Å². The number of sulfonamides is 1. The third-order valence-corrected chi connectivity index (χ3v) is 5.10. The van der Waals surface area contributed by atoms with Crippen molar-refractivity contribution in [3.05, 3.63) is 23.2 Å². The number of hydrogen-bond acceptors (Lipinski definition) is 4. The minimum Gasteiger partial charge on any atom is -0.495 e. The van der Waals surface area contributed by atoms with Crippen LogP contribution in [0.4, 0.5) is 5.69 Å². The maximum Gasteiger partial charge on any atom is 0.225 e. The summed E-state index contributed by atoms with van der Waals surface area (Å²) in [6, 6.07) is 4.93. The lowest BCUT2D eigenvalue weighted by atomic mass is 10.2. The third kappa shape index (κ3) is 7.07. The topological polar surface area (TPSA) is 75.7 Å². The van der Waals surface area contributed by atoms with Crippen LogP contribution in [0, 0.1) is 0 Å². The fourth-order valence-corrected chi connectivity index (χ4v) is 3.32. The van der Waals surface area contributed by atoms with Crippen LogP contribution >= 0.6 is 11.6 Å². The molecule has 0 heterocycles. The van der Waals surface area contributed by atoms with Gasteiger partial charge in [0, 0.05) is 25.2 Å². The molecule has 1 aromatic carbocycles. The number of hydrogen-bond donors (Lipinski definition) is 1. The lowest BCUT2D eigenvalue weighted by Gasteiger charge is -2.19. The van der Waals surface area contributed by atoms with Gasteiger partial charge in [0.15, 0.2) is 0 Å². The van der Waals surface area contributed by atoms with Crippen molar-refractivity contribution < 1.29 is 17.9 Å². The van der Waals surface area contributed by atoms with Crippen molar-refractivity contribution in [2.24, 2.45) is 0 Å². The molecular weight excluding hydrogens is 352 g/mol. The van der Waals surface area contributed by atoms with E-state index in [1.165, 1.54) is 17.7 Å². The van der Waals surface area contributed by atoms with E-state index in [1.54, 1.807) is 18.2 Å². The quantitative estimate of drug-likeness (QED) is 0.636.